The van der Waals surface area contributed by atoms with E-state index in [9.17, 15) is 4.79 Å². The summed E-state index contributed by atoms with van der Waals surface area (Å²) < 4.78 is 0. The highest BCUT2D eigenvalue weighted by Crippen LogP contribution is 2.07. The predicted octanol–water partition coefficient (Wildman–Crippen LogP) is 2.50. The number of aryl methyl sites for hydroxylation is 1. The van der Waals surface area contributed by atoms with E-state index in [1.54, 1.807) is 0 Å². The molecule has 0 aliphatic carbocycles. The van der Waals surface area contributed by atoms with Crippen molar-refractivity contribution in [3.8, 4) is 0 Å². The van der Waals surface area contributed by atoms with E-state index < -0.39 is 0 Å². The molecule has 0 unspecified atom stereocenters. The van der Waals surface area contributed by atoms with E-state index in [0.717, 1.165) is 37.8 Å². The van der Waals surface area contributed by atoms with Crippen LogP contribution in [-0.2, 0) is 6.42 Å². The molecule has 0 fully saturated rings. The maximum Gasteiger partial charge on any atom is 0.251 e. The van der Waals surface area contributed by atoms with Crippen molar-refractivity contribution >= 4 is 5.91 Å². The topological polar surface area (TPSA) is 55.1 Å². The molecule has 1 rings (SSSR count). The molecule has 0 radical (unpaired) electrons. The zero-order chi connectivity index (χ0) is 13.4. The molecule has 0 bridgehead atoms. The van der Waals surface area contributed by atoms with Gasteiger partial charge in [-0.25, -0.2) is 0 Å². The molecule has 1 aromatic rings. The second kappa shape index (κ2) is 7.88. The monoisotopic (exact) mass is 248 g/mol. The lowest BCUT2D eigenvalue weighted by atomic mass is 10.0. The van der Waals surface area contributed by atoms with Gasteiger partial charge in [0, 0.05) is 18.2 Å². The minimum Gasteiger partial charge on any atom is -0.352 e. The van der Waals surface area contributed by atoms with Crippen LogP contribution >= 0.6 is 0 Å². The second-order valence-corrected chi connectivity index (χ2v) is 4.82. The number of nitrogens with one attached hydrogen (secondary N) is 1. The normalized spacial score (nSPS) is 12.2. The van der Waals surface area contributed by atoms with Crippen LogP contribution in [0.4, 0.5) is 0 Å². The van der Waals surface area contributed by atoms with Crippen molar-refractivity contribution in [1.29, 1.82) is 0 Å². The second-order valence-electron chi connectivity index (χ2n) is 4.82. The Bertz CT molecular complexity index is 357. The lowest BCUT2D eigenvalue weighted by Crippen LogP contribution is -2.24. The fourth-order valence-electron chi connectivity index (χ4n) is 1.70. The number of hydrogen-bond donors (Lipinski definition) is 2. The Kier molecular flexibility index (Phi) is 6.44. The molecule has 0 aliphatic heterocycles. The molecule has 0 aromatic heterocycles. The minimum atomic E-state index is 0.0159. The molecule has 1 atom stereocenters. The van der Waals surface area contributed by atoms with Crippen LogP contribution in [0, 0.1) is 0 Å². The van der Waals surface area contributed by atoms with Gasteiger partial charge < -0.3 is 11.1 Å². The number of carbonyl (C=O) groups excluding carboxylic acids is 1. The smallest absolute Gasteiger partial charge is 0.251 e. The van der Waals surface area contributed by atoms with Gasteiger partial charge in [-0.05, 0) is 43.9 Å². The van der Waals surface area contributed by atoms with Crippen molar-refractivity contribution in [3.63, 3.8) is 0 Å². The third-order valence-corrected chi connectivity index (χ3v) is 2.92. The number of benzene rings is 1. The first-order chi connectivity index (χ1) is 8.63. The number of amides is 1. The summed E-state index contributed by atoms with van der Waals surface area (Å²) in [4.78, 5) is 11.8. The van der Waals surface area contributed by atoms with Gasteiger partial charge in [0.1, 0.15) is 0 Å². The lowest BCUT2D eigenvalue weighted by molar-refractivity contribution is 0.0953. The van der Waals surface area contributed by atoms with E-state index in [2.05, 4.69) is 12.2 Å². The number of rotatable bonds is 7. The number of nitrogens with two attached hydrogens (primary N) is 1. The molecule has 0 spiro atoms. The molecule has 1 aromatic carbocycles. The summed E-state index contributed by atoms with van der Waals surface area (Å²) in [5, 5.41) is 2.91. The Labute approximate surface area is 110 Å². The van der Waals surface area contributed by atoms with Gasteiger partial charge in [-0.1, -0.05) is 25.5 Å². The van der Waals surface area contributed by atoms with Crippen molar-refractivity contribution < 1.29 is 4.79 Å². The van der Waals surface area contributed by atoms with Crippen molar-refractivity contribution in [2.45, 2.75) is 45.6 Å². The minimum absolute atomic E-state index is 0.0159. The molecule has 3 nitrogen and oxygen atoms in total. The largest absolute Gasteiger partial charge is 0.352 e. The number of unbranched alkanes of at least 4 members (excludes halogenated alkanes) is 1. The Hall–Kier alpha value is -1.35. The highest BCUT2D eigenvalue weighted by molar-refractivity contribution is 5.94. The Morgan fingerprint density at radius 3 is 2.56 bits per heavy atom. The summed E-state index contributed by atoms with van der Waals surface area (Å²) in [5.74, 6) is 0.0159. The molecular formula is C15H24N2O. The molecule has 100 valence electrons. The predicted molar refractivity (Wildman–Crippen MR) is 75.7 cm³/mol. The van der Waals surface area contributed by atoms with E-state index in [0.29, 0.717) is 0 Å². The molecular weight excluding hydrogens is 224 g/mol. The molecule has 0 saturated heterocycles. The van der Waals surface area contributed by atoms with Gasteiger partial charge in [0.05, 0.1) is 0 Å². The summed E-state index contributed by atoms with van der Waals surface area (Å²) >= 11 is 0. The first-order valence-electron chi connectivity index (χ1n) is 6.76. The van der Waals surface area contributed by atoms with Gasteiger partial charge in [-0.2, -0.15) is 0 Å². The quantitative estimate of drug-likeness (QED) is 0.728. The molecule has 1 amide bonds. The van der Waals surface area contributed by atoms with Crippen LogP contribution in [0.1, 0.15) is 49.0 Å². The van der Waals surface area contributed by atoms with Gasteiger partial charge in [-0.15, -0.1) is 0 Å². The Morgan fingerprint density at radius 1 is 1.33 bits per heavy atom. The highest BCUT2D eigenvalue weighted by Gasteiger charge is 2.04. The zero-order valence-electron chi connectivity index (χ0n) is 11.4. The first-order valence-corrected chi connectivity index (χ1v) is 6.76. The van der Waals surface area contributed by atoms with E-state index in [1.165, 1.54) is 5.56 Å². The molecule has 18 heavy (non-hydrogen) atoms. The fraction of sp³-hybridized carbons (Fsp3) is 0.533. The van der Waals surface area contributed by atoms with Gasteiger partial charge in [0.2, 0.25) is 0 Å². The average Bonchev–Trinajstić information content (AvgIpc) is 2.37. The van der Waals surface area contributed by atoms with E-state index in [4.69, 9.17) is 5.73 Å². The van der Waals surface area contributed by atoms with Gasteiger partial charge in [0.25, 0.3) is 5.91 Å². The summed E-state index contributed by atoms with van der Waals surface area (Å²) in [6, 6.07) is 8.02. The first kappa shape index (κ1) is 14.7. The molecule has 0 heterocycles. The SMILES string of the molecule is CCCCNC(=O)c1ccc(CC[C@@H](C)N)cc1. The lowest BCUT2D eigenvalue weighted by Gasteiger charge is -2.07. The number of hydrogen-bond acceptors (Lipinski definition) is 2. The average molecular weight is 248 g/mol. The number of carbonyl (C=O) groups is 1. The molecule has 3 N–H and O–H groups in total. The van der Waals surface area contributed by atoms with Crippen LogP contribution < -0.4 is 11.1 Å². The van der Waals surface area contributed by atoms with Crippen molar-refractivity contribution in [2.75, 3.05) is 6.54 Å². The summed E-state index contributed by atoms with van der Waals surface area (Å²) in [5.41, 5.74) is 7.69. The van der Waals surface area contributed by atoms with Gasteiger partial charge in [0.15, 0.2) is 0 Å². The Morgan fingerprint density at radius 2 is 2.00 bits per heavy atom. The van der Waals surface area contributed by atoms with Crippen molar-refractivity contribution in [3.05, 3.63) is 35.4 Å². The molecule has 0 saturated carbocycles. The van der Waals surface area contributed by atoms with Crippen LogP contribution in [0.5, 0.6) is 0 Å². The summed E-state index contributed by atoms with van der Waals surface area (Å²) in [6.07, 6.45) is 4.06. The zero-order valence-corrected chi connectivity index (χ0v) is 11.4. The van der Waals surface area contributed by atoms with Crippen molar-refractivity contribution in [2.24, 2.45) is 5.73 Å². The molecule has 3 heteroatoms. The standard InChI is InChI=1S/C15H24N2O/c1-3-4-11-17-15(18)14-9-7-13(8-10-14)6-5-12(2)16/h7-10,12H,3-6,11,16H2,1-2H3,(H,17,18)/t12-/m1/s1. The van der Waals surface area contributed by atoms with Crippen LogP contribution in [-0.4, -0.2) is 18.5 Å². The fourth-order valence-corrected chi connectivity index (χ4v) is 1.70. The van der Waals surface area contributed by atoms with Gasteiger partial charge in [-0.3, -0.25) is 4.79 Å². The van der Waals surface area contributed by atoms with Crippen molar-refractivity contribution in [1.82, 2.24) is 5.32 Å². The van der Waals surface area contributed by atoms with Crippen LogP contribution in [0.2, 0.25) is 0 Å². The maximum absolute atomic E-state index is 11.8. The van der Waals surface area contributed by atoms with Crippen LogP contribution in [0.3, 0.4) is 0 Å². The maximum atomic E-state index is 11.8. The van der Waals surface area contributed by atoms with Crippen LogP contribution in [0.25, 0.3) is 0 Å². The van der Waals surface area contributed by atoms with Crippen LogP contribution in [0.15, 0.2) is 24.3 Å². The van der Waals surface area contributed by atoms with E-state index in [-0.39, 0.29) is 11.9 Å². The summed E-state index contributed by atoms with van der Waals surface area (Å²) in [6.45, 7) is 4.87. The highest BCUT2D eigenvalue weighted by atomic mass is 16.1. The third kappa shape index (κ3) is 5.32. The van der Waals surface area contributed by atoms with E-state index >= 15 is 0 Å². The molecule has 0 aliphatic rings. The Balaban J connectivity index is 2.46. The van der Waals surface area contributed by atoms with E-state index in [1.807, 2.05) is 31.2 Å². The third-order valence-electron chi connectivity index (χ3n) is 2.92. The summed E-state index contributed by atoms with van der Waals surface area (Å²) in [7, 11) is 0. The van der Waals surface area contributed by atoms with Gasteiger partial charge >= 0.3 is 0 Å².